The summed E-state index contributed by atoms with van der Waals surface area (Å²) in [4.78, 5) is 29.4. The smallest absolute Gasteiger partial charge is 0.311 e. The van der Waals surface area contributed by atoms with E-state index in [1.807, 2.05) is 14.1 Å². The third-order valence-electron chi connectivity index (χ3n) is 3.15. The van der Waals surface area contributed by atoms with Gasteiger partial charge in [0.15, 0.2) is 0 Å². The third-order valence-corrected chi connectivity index (χ3v) is 3.15. The number of hydrogen-bond donors (Lipinski definition) is 2. The van der Waals surface area contributed by atoms with Crippen LogP contribution in [0.2, 0.25) is 0 Å². The largest absolute Gasteiger partial charge is 0.347 e. The molecule has 0 aliphatic carbocycles. The fraction of sp³-hybridized carbons (Fsp3) is 0.833. The van der Waals surface area contributed by atoms with Crippen LogP contribution in [0.4, 0.5) is 0 Å². The molecule has 7 nitrogen and oxygen atoms in total. The van der Waals surface area contributed by atoms with E-state index in [1.54, 1.807) is 4.90 Å². The number of piperazine rings is 1. The highest BCUT2D eigenvalue weighted by Crippen LogP contribution is 2.02. The van der Waals surface area contributed by atoms with Crippen molar-refractivity contribution in [2.24, 2.45) is 5.73 Å². The van der Waals surface area contributed by atoms with Gasteiger partial charge in [-0.25, -0.2) is 0 Å². The Hall–Kier alpha value is -1.18. The van der Waals surface area contributed by atoms with Gasteiger partial charge < -0.3 is 20.9 Å². The number of amides is 2. The molecule has 19 heavy (non-hydrogen) atoms. The van der Waals surface area contributed by atoms with Gasteiger partial charge in [-0.15, -0.1) is 0 Å². The monoisotopic (exact) mass is 271 g/mol. The van der Waals surface area contributed by atoms with Gasteiger partial charge in [0.2, 0.25) is 0 Å². The van der Waals surface area contributed by atoms with Crippen LogP contribution in [0.3, 0.4) is 0 Å². The summed E-state index contributed by atoms with van der Waals surface area (Å²) in [5, 5.41) is 2.51. The molecule has 0 spiro atoms. The second kappa shape index (κ2) is 8.08. The van der Waals surface area contributed by atoms with E-state index in [1.165, 1.54) is 0 Å². The lowest BCUT2D eigenvalue weighted by Gasteiger charge is -2.34. The van der Waals surface area contributed by atoms with Gasteiger partial charge in [-0.1, -0.05) is 0 Å². The molecular formula is C12H25N5O2. The molecule has 0 aromatic heterocycles. The molecule has 0 aromatic rings. The molecule has 1 fully saturated rings. The van der Waals surface area contributed by atoms with E-state index in [0.29, 0.717) is 26.2 Å². The Labute approximate surface area is 114 Å². The zero-order valence-corrected chi connectivity index (χ0v) is 11.9. The maximum absolute atomic E-state index is 11.8. The SMILES string of the molecule is CN(C)CCN1CCN(C(=O)C(=O)NCCN)CC1. The lowest BCUT2D eigenvalue weighted by Crippen LogP contribution is -2.53. The zero-order chi connectivity index (χ0) is 14.3. The molecule has 1 rings (SSSR count). The predicted molar refractivity (Wildman–Crippen MR) is 73.6 cm³/mol. The quantitative estimate of drug-likeness (QED) is 0.553. The van der Waals surface area contributed by atoms with Crippen LogP contribution in [0.15, 0.2) is 0 Å². The van der Waals surface area contributed by atoms with E-state index in [4.69, 9.17) is 5.73 Å². The first kappa shape index (κ1) is 15.9. The lowest BCUT2D eigenvalue weighted by molar-refractivity contribution is -0.146. The van der Waals surface area contributed by atoms with Gasteiger partial charge >= 0.3 is 11.8 Å². The maximum Gasteiger partial charge on any atom is 0.311 e. The van der Waals surface area contributed by atoms with Crippen LogP contribution in [-0.4, -0.2) is 93.0 Å². The molecule has 1 saturated heterocycles. The minimum atomic E-state index is -0.549. The molecule has 1 aliphatic heterocycles. The number of nitrogens with zero attached hydrogens (tertiary/aromatic N) is 3. The molecular weight excluding hydrogens is 246 g/mol. The van der Waals surface area contributed by atoms with Crippen molar-refractivity contribution in [3.8, 4) is 0 Å². The van der Waals surface area contributed by atoms with Crippen LogP contribution in [0.5, 0.6) is 0 Å². The van der Waals surface area contributed by atoms with Crippen molar-refractivity contribution in [3.05, 3.63) is 0 Å². The van der Waals surface area contributed by atoms with Crippen LogP contribution in [0, 0.1) is 0 Å². The van der Waals surface area contributed by atoms with Crippen molar-refractivity contribution < 1.29 is 9.59 Å². The number of carbonyl (C=O) groups is 2. The molecule has 0 aromatic carbocycles. The lowest BCUT2D eigenvalue weighted by atomic mass is 10.3. The molecule has 7 heteroatoms. The third kappa shape index (κ3) is 5.54. The minimum Gasteiger partial charge on any atom is -0.347 e. The van der Waals surface area contributed by atoms with Crippen molar-refractivity contribution in [1.29, 1.82) is 0 Å². The fourth-order valence-electron chi connectivity index (χ4n) is 1.92. The van der Waals surface area contributed by atoms with Crippen LogP contribution in [0.25, 0.3) is 0 Å². The molecule has 0 radical (unpaired) electrons. The van der Waals surface area contributed by atoms with E-state index >= 15 is 0 Å². The highest BCUT2D eigenvalue weighted by molar-refractivity contribution is 6.35. The second-order valence-electron chi connectivity index (χ2n) is 4.98. The number of hydrogen-bond acceptors (Lipinski definition) is 5. The van der Waals surface area contributed by atoms with Crippen LogP contribution in [0.1, 0.15) is 0 Å². The summed E-state index contributed by atoms with van der Waals surface area (Å²) in [6.07, 6.45) is 0. The second-order valence-corrected chi connectivity index (χ2v) is 4.98. The Bertz CT molecular complexity index is 300. The summed E-state index contributed by atoms with van der Waals surface area (Å²) in [6, 6.07) is 0. The van der Waals surface area contributed by atoms with Crippen molar-refractivity contribution >= 4 is 11.8 Å². The van der Waals surface area contributed by atoms with Crippen molar-refractivity contribution in [1.82, 2.24) is 20.0 Å². The summed E-state index contributed by atoms with van der Waals surface area (Å²) in [7, 11) is 4.09. The average Bonchev–Trinajstić information content (AvgIpc) is 2.42. The van der Waals surface area contributed by atoms with Crippen molar-refractivity contribution in [2.75, 3.05) is 66.5 Å². The van der Waals surface area contributed by atoms with Gasteiger partial charge in [-0.05, 0) is 14.1 Å². The highest BCUT2D eigenvalue weighted by atomic mass is 16.2. The molecule has 0 atom stereocenters. The maximum atomic E-state index is 11.8. The number of carbonyl (C=O) groups excluding carboxylic acids is 2. The van der Waals surface area contributed by atoms with E-state index < -0.39 is 11.8 Å². The van der Waals surface area contributed by atoms with E-state index in [-0.39, 0.29) is 0 Å². The summed E-state index contributed by atoms with van der Waals surface area (Å²) in [5.41, 5.74) is 5.28. The topological polar surface area (TPSA) is 81.9 Å². The van der Waals surface area contributed by atoms with Gasteiger partial charge in [-0.3, -0.25) is 14.5 Å². The number of rotatable bonds is 5. The van der Waals surface area contributed by atoms with E-state index in [0.717, 1.165) is 26.2 Å². The zero-order valence-electron chi connectivity index (χ0n) is 11.9. The Kier molecular flexibility index (Phi) is 6.75. The normalized spacial score (nSPS) is 16.7. The first-order valence-electron chi connectivity index (χ1n) is 6.69. The van der Waals surface area contributed by atoms with Gasteiger partial charge in [0.1, 0.15) is 0 Å². The van der Waals surface area contributed by atoms with Crippen molar-refractivity contribution in [2.45, 2.75) is 0 Å². The standard InChI is InChI=1S/C12H25N5O2/c1-15(2)5-6-16-7-9-17(10-8-16)12(19)11(18)14-4-3-13/h3-10,13H2,1-2H3,(H,14,18). The van der Waals surface area contributed by atoms with Crippen LogP contribution in [-0.2, 0) is 9.59 Å². The predicted octanol–water partition coefficient (Wildman–Crippen LogP) is -2.23. The molecule has 0 unspecified atom stereocenters. The Morgan fingerprint density at radius 1 is 1.21 bits per heavy atom. The van der Waals surface area contributed by atoms with Crippen molar-refractivity contribution in [3.63, 3.8) is 0 Å². The Morgan fingerprint density at radius 2 is 1.84 bits per heavy atom. The number of nitrogens with one attached hydrogen (secondary N) is 1. The molecule has 1 heterocycles. The van der Waals surface area contributed by atoms with E-state index in [9.17, 15) is 9.59 Å². The minimum absolute atomic E-state index is 0.341. The summed E-state index contributed by atoms with van der Waals surface area (Å²) in [6.45, 7) is 5.56. The van der Waals surface area contributed by atoms with Gasteiger partial charge in [0.05, 0.1) is 0 Å². The van der Waals surface area contributed by atoms with Crippen LogP contribution < -0.4 is 11.1 Å². The van der Waals surface area contributed by atoms with Gasteiger partial charge in [0.25, 0.3) is 0 Å². The van der Waals surface area contributed by atoms with Gasteiger partial charge in [-0.2, -0.15) is 0 Å². The molecule has 0 bridgehead atoms. The first-order valence-corrected chi connectivity index (χ1v) is 6.69. The first-order chi connectivity index (χ1) is 9.04. The molecule has 1 aliphatic rings. The number of nitrogens with two attached hydrogens (primary N) is 1. The van der Waals surface area contributed by atoms with Gasteiger partial charge in [0, 0.05) is 52.4 Å². The molecule has 2 amide bonds. The van der Waals surface area contributed by atoms with E-state index in [2.05, 4.69) is 15.1 Å². The average molecular weight is 271 g/mol. The summed E-state index contributed by atoms with van der Waals surface area (Å²) >= 11 is 0. The summed E-state index contributed by atoms with van der Waals surface area (Å²) < 4.78 is 0. The highest BCUT2D eigenvalue weighted by Gasteiger charge is 2.25. The summed E-state index contributed by atoms with van der Waals surface area (Å²) in [5.74, 6) is -0.993. The molecule has 0 saturated carbocycles. The van der Waals surface area contributed by atoms with Crippen LogP contribution >= 0.6 is 0 Å². The Morgan fingerprint density at radius 3 is 2.37 bits per heavy atom. The molecule has 3 N–H and O–H groups in total. The fourth-order valence-corrected chi connectivity index (χ4v) is 1.92. The Balaban J connectivity index is 2.28. The number of likely N-dealkylation sites (N-methyl/N-ethyl adjacent to an activating group) is 1. The molecule has 110 valence electrons.